The van der Waals surface area contributed by atoms with Crippen molar-refractivity contribution in [2.75, 3.05) is 0 Å². The van der Waals surface area contributed by atoms with Crippen LogP contribution in [0.25, 0.3) is 10.7 Å². The summed E-state index contributed by atoms with van der Waals surface area (Å²) in [5.74, 6) is -1.32. The molecule has 158 valence electrons. The molecule has 4 rings (SSSR count). The molecule has 0 unspecified atom stereocenters. The van der Waals surface area contributed by atoms with E-state index in [-0.39, 0.29) is 0 Å². The fourth-order valence-corrected chi connectivity index (χ4v) is 4.39. The Balaban J connectivity index is 1.94. The first-order valence-electron chi connectivity index (χ1n) is 9.79. The van der Waals surface area contributed by atoms with E-state index < -0.39 is 24.4 Å². The standard InChI is InChI=1S/C24H22N2O4S/c27-23(28)19(15-8-3-1-4-9-15)17-14-25-22(18-12-7-13-31-18)26-21(17)20(24(29)30)16-10-5-2-6-11-16/h1-14,19-20,23-24,27-30H/t19-,20-/m1/s1. The summed E-state index contributed by atoms with van der Waals surface area (Å²) >= 11 is 1.47. The monoisotopic (exact) mass is 434 g/mol. The lowest BCUT2D eigenvalue weighted by atomic mass is 9.84. The molecule has 0 bridgehead atoms. The number of rotatable bonds is 7. The van der Waals surface area contributed by atoms with Crippen LogP contribution in [-0.4, -0.2) is 43.0 Å². The average Bonchev–Trinajstić information content (AvgIpc) is 3.31. The van der Waals surface area contributed by atoms with Gasteiger partial charge in [0.25, 0.3) is 0 Å². The van der Waals surface area contributed by atoms with Gasteiger partial charge in [0.05, 0.1) is 22.4 Å². The summed E-state index contributed by atoms with van der Waals surface area (Å²) in [5.41, 5.74) is 2.06. The highest BCUT2D eigenvalue weighted by Gasteiger charge is 2.32. The summed E-state index contributed by atoms with van der Waals surface area (Å²) in [6, 6.07) is 21.8. The lowest BCUT2D eigenvalue weighted by Gasteiger charge is -2.27. The summed E-state index contributed by atoms with van der Waals surface area (Å²) < 4.78 is 0. The Bertz CT molecular complexity index is 1100. The van der Waals surface area contributed by atoms with Gasteiger partial charge in [-0.05, 0) is 22.6 Å². The SMILES string of the molecule is OC(O)[C@H](c1ccccc1)c1cnc(-c2cccs2)nc1[C@@H](c1ccccc1)C(O)O. The van der Waals surface area contributed by atoms with Crippen LogP contribution in [0, 0.1) is 0 Å². The van der Waals surface area contributed by atoms with E-state index in [2.05, 4.69) is 4.98 Å². The van der Waals surface area contributed by atoms with Crippen LogP contribution in [0.2, 0.25) is 0 Å². The van der Waals surface area contributed by atoms with E-state index in [1.54, 1.807) is 54.7 Å². The van der Waals surface area contributed by atoms with Crippen molar-refractivity contribution in [3.63, 3.8) is 0 Å². The van der Waals surface area contributed by atoms with Gasteiger partial charge in [0.15, 0.2) is 18.4 Å². The van der Waals surface area contributed by atoms with E-state index in [4.69, 9.17) is 4.98 Å². The number of benzene rings is 2. The van der Waals surface area contributed by atoms with Gasteiger partial charge in [0.2, 0.25) is 0 Å². The maximum absolute atomic E-state index is 10.3. The van der Waals surface area contributed by atoms with Gasteiger partial charge < -0.3 is 20.4 Å². The third-order valence-electron chi connectivity index (χ3n) is 5.13. The van der Waals surface area contributed by atoms with Crippen molar-refractivity contribution in [2.24, 2.45) is 0 Å². The van der Waals surface area contributed by atoms with Crippen LogP contribution in [0.5, 0.6) is 0 Å². The van der Waals surface area contributed by atoms with Crippen molar-refractivity contribution >= 4 is 11.3 Å². The molecule has 31 heavy (non-hydrogen) atoms. The van der Waals surface area contributed by atoms with Gasteiger partial charge in [-0.2, -0.15) is 0 Å². The first-order chi connectivity index (χ1) is 15.1. The van der Waals surface area contributed by atoms with Crippen molar-refractivity contribution in [1.29, 1.82) is 0 Å². The maximum atomic E-state index is 10.3. The summed E-state index contributed by atoms with van der Waals surface area (Å²) in [5, 5.41) is 43.1. The number of nitrogens with zero attached hydrogens (tertiary/aromatic N) is 2. The fraction of sp³-hybridized carbons (Fsp3) is 0.167. The predicted octanol–water partition coefficient (Wildman–Crippen LogP) is 3.09. The molecule has 0 saturated carbocycles. The number of hydrogen-bond acceptors (Lipinski definition) is 7. The molecule has 0 fully saturated rings. The van der Waals surface area contributed by atoms with Crippen LogP contribution in [0.3, 0.4) is 0 Å². The Hall–Kier alpha value is -2.94. The van der Waals surface area contributed by atoms with Crippen LogP contribution in [0.4, 0.5) is 0 Å². The molecule has 0 spiro atoms. The van der Waals surface area contributed by atoms with Crippen molar-refractivity contribution < 1.29 is 20.4 Å². The lowest BCUT2D eigenvalue weighted by Crippen LogP contribution is -2.26. The summed E-state index contributed by atoms with van der Waals surface area (Å²) in [7, 11) is 0. The minimum atomic E-state index is -1.75. The van der Waals surface area contributed by atoms with Crippen LogP contribution in [0.15, 0.2) is 84.4 Å². The van der Waals surface area contributed by atoms with Gasteiger partial charge in [0, 0.05) is 11.8 Å². The van der Waals surface area contributed by atoms with Crippen LogP contribution >= 0.6 is 11.3 Å². The van der Waals surface area contributed by atoms with Crippen molar-refractivity contribution in [2.45, 2.75) is 24.4 Å². The highest BCUT2D eigenvalue weighted by molar-refractivity contribution is 7.13. The minimum absolute atomic E-state index is 0.335. The van der Waals surface area contributed by atoms with Gasteiger partial charge >= 0.3 is 0 Å². The molecular formula is C24H22N2O4S. The number of hydrogen-bond donors (Lipinski definition) is 4. The first-order valence-corrected chi connectivity index (χ1v) is 10.7. The van der Waals surface area contributed by atoms with E-state index in [1.807, 2.05) is 29.6 Å². The zero-order valence-corrected chi connectivity index (χ0v) is 17.3. The molecule has 4 aromatic rings. The minimum Gasteiger partial charge on any atom is -0.367 e. The highest BCUT2D eigenvalue weighted by atomic mass is 32.1. The molecule has 0 saturated heterocycles. The molecule has 0 aliphatic rings. The van der Waals surface area contributed by atoms with Gasteiger partial charge in [-0.25, -0.2) is 9.97 Å². The summed E-state index contributed by atoms with van der Waals surface area (Å²) in [6.45, 7) is 0. The number of aliphatic hydroxyl groups is 4. The average molecular weight is 435 g/mol. The second kappa shape index (κ2) is 9.47. The maximum Gasteiger partial charge on any atom is 0.169 e. The van der Waals surface area contributed by atoms with E-state index in [0.717, 1.165) is 4.88 Å². The van der Waals surface area contributed by atoms with Crippen molar-refractivity contribution in [1.82, 2.24) is 9.97 Å². The Morgan fingerprint density at radius 2 is 1.26 bits per heavy atom. The Morgan fingerprint density at radius 1 is 0.677 bits per heavy atom. The number of thiophene rings is 1. The Morgan fingerprint density at radius 3 is 1.77 bits per heavy atom. The molecule has 6 nitrogen and oxygen atoms in total. The third-order valence-corrected chi connectivity index (χ3v) is 6.00. The molecule has 2 heterocycles. The largest absolute Gasteiger partial charge is 0.367 e. The van der Waals surface area contributed by atoms with Crippen molar-refractivity contribution in [3.8, 4) is 10.7 Å². The molecule has 2 atom stereocenters. The fourth-order valence-electron chi connectivity index (χ4n) is 3.72. The Kier molecular flexibility index (Phi) is 6.50. The molecule has 0 aliphatic carbocycles. The molecule has 4 N–H and O–H groups in total. The van der Waals surface area contributed by atoms with Crippen LogP contribution in [0.1, 0.15) is 34.2 Å². The first kappa shape index (κ1) is 21.3. The topological polar surface area (TPSA) is 107 Å². The third kappa shape index (κ3) is 4.56. The molecule has 7 heteroatoms. The summed E-state index contributed by atoms with van der Waals surface area (Å²) in [6.07, 6.45) is -1.93. The second-order valence-electron chi connectivity index (χ2n) is 7.12. The van der Waals surface area contributed by atoms with E-state index in [1.165, 1.54) is 11.3 Å². The van der Waals surface area contributed by atoms with Gasteiger partial charge in [-0.3, -0.25) is 0 Å². The normalized spacial score (nSPS) is 13.5. The van der Waals surface area contributed by atoms with E-state index >= 15 is 0 Å². The highest BCUT2D eigenvalue weighted by Crippen LogP contribution is 2.37. The number of aliphatic hydroxyl groups excluding tert-OH is 2. The lowest BCUT2D eigenvalue weighted by molar-refractivity contribution is -0.0576. The molecule has 2 aromatic heterocycles. The zero-order chi connectivity index (χ0) is 21.8. The van der Waals surface area contributed by atoms with Gasteiger partial charge in [-0.15, -0.1) is 11.3 Å². The van der Waals surface area contributed by atoms with Gasteiger partial charge in [-0.1, -0.05) is 66.7 Å². The molecule has 2 aromatic carbocycles. The van der Waals surface area contributed by atoms with Crippen LogP contribution in [-0.2, 0) is 0 Å². The molecular weight excluding hydrogens is 412 g/mol. The zero-order valence-electron chi connectivity index (χ0n) is 16.5. The van der Waals surface area contributed by atoms with E-state index in [9.17, 15) is 20.4 Å². The smallest absolute Gasteiger partial charge is 0.169 e. The van der Waals surface area contributed by atoms with Crippen LogP contribution < -0.4 is 0 Å². The van der Waals surface area contributed by atoms with E-state index in [0.29, 0.717) is 28.2 Å². The van der Waals surface area contributed by atoms with Gasteiger partial charge in [0.1, 0.15) is 0 Å². The molecule has 0 amide bonds. The quantitative estimate of drug-likeness (QED) is 0.333. The molecule has 0 radical (unpaired) electrons. The molecule has 0 aliphatic heterocycles. The Labute approximate surface area is 183 Å². The predicted molar refractivity (Wildman–Crippen MR) is 118 cm³/mol. The summed E-state index contributed by atoms with van der Waals surface area (Å²) in [4.78, 5) is 9.99. The second-order valence-corrected chi connectivity index (χ2v) is 8.06. The number of aromatic nitrogens is 2. The van der Waals surface area contributed by atoms with Crippen molar-refractivity contribution in [3.05, 3.63) is 107 Å².